The summed E-state index contributed by atoms with van der Waals surface area (Å²) in [6, 6.07) is 11.8. The van der Waals surface area contributed by atoms with Crippen molar-refractivity contribution in [3.8, 4) is 11.5 Å². The number of hydrogen-bond acceptors (Lipinski definition) is 3. The van der Waals surface area contributed by atoms with Gasteiger partial charge in [-0.05, 0) is 41.8 Å². The minimum atomic E-state index is -4.41. The molecule has 0 saturated carbocycles. The van der Waals surface area contributed by atoms with Crippen molar-refractivity contribution in [2.24, 2.45) is 0 Å². The van der Waals surface area contributed by atoms with Crippen molar-refractivity contribution in [2.45, 2.75) is 25.9 Å². The molecule has 4 nitrogen and oxygen atoms in total. The normalized spacial score (nSPS) is 11.6. The van der Waals surface area contributed by atoms with Gasteiger partial charge in [-0.1, -0.05) is 32.0 Å². The summed E-state index contributed by atoms with van der Waals surface area (Å²) in [6.45, 7) is 4.04. The highest BCUT2D eigenvalue weighted by Crippen LogP contribution is 2.31. The van der Waals surface area contributed by atoms with Gasteiger partial charge in [0, 0.05) is 11.3 Å². The molecule has 0 aliphatic rings. The van der Waals surface area contributed by atoms with E-state index in [2.05, 4.69) is 10.3 Å². The van der Waals surface area contributed by atoms with Gasteiger partial charge in [0.25, 0.3) is 5.91 Å². The molecule has 0 saturated heterocycles. The van der Waals surface area contributed by atoms with E-state index >= 15 is 0 Å². The Kier molecular flexibility index (Phi) is 5.03. The van der Waals surface area contributed by atoms with Gasteiger partial charge in [-0.2, -0.15) is 13.2 Å². The second-order valence-electron chi connectivity index (χ2n) is 6.31. The van der Waals surface area contributed by atoms with E-state index in [1.165, 1.54) is 18.4 Å². The first-order valence-corrected chi connectivity index (χ1v) is 8.29. The average molecular weight is 374 g/mol. The summed E-state index contributed by atoms with van der Waals surface area (Å²) in [5.41, 5.74) is 1.29. The maximum atomic E-state index is 12.6. The Hall–Kier alpha value is -3.09. The highest BCUT2D eigenvalue weighted by atomic mass is 19.4. The van der Waals surface area contributed by atoms with Gasteiger partial charge in [0.05, 0.1) is 5.56 Å². The van der Waals surface area contributed by atoms with Crippen LogP contribution in [-0.2, 0) is 6.18 Å². The predicted octanol–water partition coefficient (Wildman–Crippen LogP) is 5.74. The largest absolute Gasteiger partial charge is 0.444 e. The molecule has 0 aliphatic carbocycles. The van der Waals surface area contributed by atoms with Gasteiger partial charge in [-0.3, -0.25) is 4.79 Å². The fraction of sp³-hybridized carbons (Fsp3) is 0.200. The smallest absolute Gasteiger partial charge is 0.416 e. The van der Waals surface area contributed by atoms with Gasteiger partial charge in [0.15, 0.2) is 5.69 Å². The van der Waals surface area contributed by atoms with Crippen LogP contribution in [0.4, 0.5) is 18.9 Å². The molecule has 0 radical (unpaired) electrons. The molecule has 0 spiro atoms. The number of aromatic nitrogens is 1. The van der Waals surface area contributed by atoms with E-state index < -0.39 is 17.6 Å². The van der Waals surface area contributed by atoms with Gasteiger partial charge < -0.3 is 9.73 Å². The minimum absolute atomic E-state index is 0.0449. The van der Waals surface area contributed by atoms with Crippen molar-refractivity contribution >= 4 is 11.6 Å². The summed E-state index contributed by atoms with van der Waals surface area (Å²) in [6.07, 6.45) is -3.23. The van der Waals surface area contributed by atoms with E-state index in [1.54, 1.807) is 6.07 Å². The number of carbonyl (C=O) groups excluding carboxylic acids is 1. The number of amides is 1. The zero-order chi connectivity index (χ0) is 19.6. The van der Waals surface area contributed by atoms with E-state index in [4.69, 9.17) is 4.42 Å². The zero-order valence-corrected chi connectivity index (χ0v) is 14.7. The minimum Gasteiger partial charge on any atom is -0.444 e. The zero-order valence-electron chi connectivity index (χ0n) is 14.7. The Morgan fingerprint density at radius 1 is 1.07 bits per heavy atom. The fourth-order valence-electron chi connectivity index (χ4n) is 2.61. The van der Waals surface area contributed by atoms with E-state index in [0.717, 1.165) is 17.7 Å². The molecule has 1 aromatic heterocycles. The number of nitrogens with one attached hydrogen (secondary N) is 1. The van der Waals surface area contributed by atoms with E-state index in [-0.39, 0.29) is 17.5 Å². The Bertz CT molecular complexity index is 944. The lowest BCUT2D eigenvalue weighted by atomic mass is 10.0. The van der Waals surface area contributed by atoms with Crippen molar-refractivity contribution < 1.29 is 22.4 Å². The molecule has 3 rings (SSSR count). The monoisotopic (exact) mass is 374 g/mol. The Morgan fingerprint density at radius 2 is 1.74 bits per heavy atom. The molecular weight excluding hydrogens is 357 g/mol. The van der Waals surface area contributed by atoms with Crippen LogP contribution in [0.5, 0.6) is 0 Å². The second-order valence-corrected chi connectivity index (χ2v) is 6.31. The van der Waals surface area contributed by atoms with Gasteiger partial charge in [-0.25, -0.2) is 4.98 Å². The van der Waals surface area contributed by atoms with Crippen LogP contribution in [0, 0.1) is 0 Å². The lowest BCUT2D eigenvalue weighted by molar-refractivity contribution is -0.137. The quantitative estimate of drug-likeness (QED) is 0.634. The molecule has 7 heteroatoms. The van der Waals surface area contributed by atoms with Crippen LogP contribution in [0.2, 0.25) is 0 Å². The lowest BCUT2D eigenvalue weighted by Gasteiger charge is -2.12. The summed E-state index contributed by atoms with van der Waals surface area (Å²) >= 11 is 0. The molecular formula is C20H17F3N2O2. The third kappa shape index (κ3) is 4.19. The lowest BCUT2D eigenvalue weighted by Crippen LogP contribution is -2.14. The van der Waals surface area contributed by atoms with Crippen molar-refractivity contribution in [3.63, 3.8) is 0 Å². The van der Waals surface area contributed by atoms with Crippen LogP contribution in [-0.4, -0.2) is 10.9 Å². The number of carbonyl (C=O) groups is 1. The molecule has 3 aromatic rings. The van der Waals surface area contributed by atoms with Crippen molar-refractivity contribution in [2.75, 3.05) is 5.32 Å². The number of alkyl halides is 3. The summed E-state index contributed by atoms with van der Waals surface area (Å²) in [5, 5.41) is 2.79. The second kappa shape index (κ2) is 7.26. The molecule has 1 amide bonds. The van der Waals surface area contributed by atoms with Gasteiger partial charge in [0.2, 0.25) is 5.89 Å². The summed E-state index contributed by atoms with van der Waals surface area (Å²) < 4.78 is 43.2. The third-order valence-corrected chi connectivity index (χ3v) is 4.03. The number of hydrogen-bond donors (Lipinski definition) is 1. The highest BCUT2D eigenvalue weighted by Gasteiger charge is 2.30. The molecule has 1 N–H and O–H groups in total. The number of halogens is 3. The van der Waals surface area contributed by atoms with Crippen LogP contribution in [0.15, 0.2) is 59.2 Å². The number of anilines is 1. The number of nitrogens with zero attached hydrogens (tertiary/aromatic N) is 1. The molecule has 0 unspecified atom stereocenters. The highest BCUT2D eigenvalue weighted by molar-refractivity contribution is 6.03. The SMILES string of the molecule is CC(C)c1ccccc1NC(=O)c1coc(-c2ccc(C(F)(F)F)cc2)n1. The summed E-state index contributed by atoms with van der Waals surface area (Å²) in [4.78, 5) is 16.5. The van der Waals surface area contributed by atoms with Crippen LogP contribution < -0.4 is 5.32 Å². The van der Waals surface area contributed by atoms with Crippen molar-refractivity contribution in [1.29, 1.82) is 0 Å². The Morgan fingerprint density at radius 3 is 2.37 bits per heavy atom. The molecule has 27 heavy (non-hydrogen) atoms. The maximum absolute atomic E-state index is 12.6. The van der Waals surface area contributed by atoms with Gasteiger partial charge >= 0.3 is 6.18 Å². The Balaban J connectivity index is 1.79. The van der Waals surface area contributed by atoms with E-state index in [1.807, 2.05) is 32.0 Å². The molecule has 140 valence electrons. The summed E-state index contributed by atoms with van der Waals surface area (Å²) in [5.74, 6) is -0.155. The van der Waals surface area contributed by atoms with Gasteiger partial charge in [0.1, 0.15) is 6.26 Å². The summed E-state index contributed by atoms with van der Waals surface area (Å²) in [7, 11) is 0. The first kappa shape index (κ1) is 18.7. The maximum Gasteiger partial charge on any atom is 0.416 e. The number of para-hydroxylation sites is 1. The van der Waals surface area contributed by atoms with Crippen LogP contribution in [0.1, 0.15) is 41.4 Å². The molecule has 1 heterocycles. The fourth-order valence-corrected chi connectivity index (χ4v) is 2.61. The predicted molar refractivity (Wildman–Crippen MR) is 95.4 cm³/mol. The number of benzene rings is 2. The van der Waals surface area contributed by atoms with Gasteiger partial charge in [-0.15, -0.1) is 0 Å². The first-order chi connectivity index (χ1) is 12.8. The van der Waals surface area contributed by atoms with Crippen LogP contribution in [0.3, 0.4) is 0 Å². The molecule has 0 atom stereocenters. The average Bonchev–Trinajstić information content (AvgIpc) is 3.11. The number of rotatable bonds is 4. The van der Waals surface area contributed by atoms with Crippen LogP contribution in [0.25, 0.3) is 11.5 Å². The standard InChI is InChI=1S/C20H17F3N2O2/c1-12(2)15-5-3-4-6-16(15)24-18(26)17-11-27-19(25-17)13-7-9-14(10-8-13)20(21,22)23/h3-12H,1-2H3,(H,24,26). The first-order valence-electron chi connectivity index (χ1n) is 8.29. The molecule has 0 fully saturated rings. The van der Waals surface area contributed by atoms with Crippen molar-refractivity contribution in [1.82, 2.24) is 4.98 Å². The molecule has 0 aliphatic heterocycles. The molecule has 0 bridgehead atoms. The number of oxazole rings is 1. The topological polar surface area (TPSA) is 55.1 Å². The van der Waals surface area contributed by atoms with Crippen LogP contribution >= 0.6 is 0 Å². The van der Waals surface area contributed by atoms with Crippen molar-refractivity contribution in [3.05, 3.63) is 71.6 Å². The Labute approximate surface area is 154 Å². The third-order valence-electron chi connectivity index (χ3n) is 4.03. The van der Waals surface area contributed by atoms with E-state index in [0.29, 0.717) is 11.3 Å². The van der Waals surface area contributed by atoms with E-state index in [9.17, 15) is 18.0 Å². The molecule has 2 aromatic carbocycles.